The third-order valence-electron chi connectivity index (χ3n) is 11.3. The molecule has 66 heavy (non-hydrogen) atoms. The van der Waals surface area contributed by atoms with E-state index in [0.29, 0.717) is 31.5 Å². The Bertz CT molecular complexity index is 1460. The second-order valence-corrected chi connectivity index (χ2v) is 21.2. The van der Waals surface area contributed by atoms with Crippen molar-refractivity contribution in [3.63, 3.8) is 0 Å². The van der Waals surface area contributed by atoms with E-state index in [1.165, 1.54) is 44.9 Å². The number of ether oxygens (including phenoxy) is 2. The van der Waals surface area contributed by atoms with Gasteiger partial charge in [0.25, 0.3) is 0 Å². The molecule has 0 heterocycles. The van der Waals surface area contributed by atoms with Crippen LogP contribution in [0.2, 0.25) is 0 Å². The number of Topliss-reactive ketones (excluding diaryl/α,β-unsaturated/α-hetero) is 1. The van der Waals surface area contributed by atoms with Crippen LogP contribution in [0, 0.1) is 0 Å². The SMILES string of the molecule is CCCCCCCCCCCCCCCC(=O)O[C@H](COC(=O)CCCCCCCCCCCCCC(=O)CCC)COP(=O)(O)OC1C(O)[C@@H](O)C(OP(=O)(O)O)[C@@H](OP(=O)(O)O)[C@H]1O. The Kier molecular flexibility index (Phi) is 34.1. The smallest absolute Gasteiger partial charge is 0.462 e. The van der Waals surface area contributed by atoms with Gasteiger partial charge in [-0.25, -0.2) is 13.7 Å². The lowest BCUT2D eigenvalue weighted by atomic mass is 9.85. The third-order valence-corrected chi connectivity index (χ3v) is 13.3. The lowest BCUT2D eigenvalue weighted by Crippen LogP contribution is -2.65. The Morgan fingerprint density at radius 3 is 1.24 bits per heavy atom. The van der Waals surface area contributed by atoms with E-state index in [-0.39, 0.29) is 12.8 Å². The molecule has 23 heteroatoms. The van der Waals surface area contributed by atoms with Gasteiger partial charge in [-0.15, -0.1) is 0 Å². The van der Waals surface area contributed by atoms with Gasteiger partial charge in [-0.1, -0.05) is 149 Å². The molecule has 1 aliphatic rings. The van der Waals surface area contributed by atoms with E-state index >= 15 is 0 Å². The van der Waals surface area contributed by atoms with Crippen molar-refractivity contribution < 1.29 is 95.4 Å². The number of unbranched alkanes of at least 4 members (excludes halogenated alkanes) is 22. The van der Waals surface area contributed by atoms with Gasteiger partial charge >= 0.3 is 35.4 Å². The lowest BCUT2D eigenvalue weighted by molar-refractivity contribution is -0.213. The molecule has 20 nitrogen and oxygen atoms in total. The molecule has 8 N–H and O–H groups in total. The predicted molar refractivity (Wildman–Crippen MR) is 244 cm³/mol. The second-order valence-electron chi connectivity index (χ2n) is 17.4. The van der Waals surface area contributed by atoms with E-state index in [1.807, 2.05) is 6.92 Å². The fourth-order valence-corrected chi connectivity index (χ4v) is 9.80. The summed E-state index contributed by atoms with van der Waals surface area (Å²) in [5.74, 6) is -0.969. The highest BCUT2D eigenvalue weighted by Gasteiger charge is 2.56. The highest BCUT2D eigenvalue weighted by Crippen LogP contribution is 2.51. The molecule has 0 aromatic rings. The fourth-order valence-electron chi connectivity index (χ4n) is 7.71. The first-order chi connectivity index (χ1) is 31.2. The number of aliphatic hydroxyl groups excluding tert-OH is 3. The van der Waals surface area contributed by atoms with Gasteiger partial charge in [-0.3, -0.25) is 32.5 Å². The van der Waals surface area contributed by atoms with Crippen LogP contribution in [0.15, 0.2) is 0 Å². The summed E-state index contributed by atoms with van der Waals surface area (Å²) in [7, 11) is -16.6. The van der Waals surface area contributed by atoms with E-state index in [4.69, 9.17) is 18.5 Å². The fraction of sp³-hybridized carbons (Fsp3) is 0.930. The van der Waals surface area contributed by atoms with E-state index in [2.05, 4.69) is 16.0 Å². The molecule has 0 radical (unpaired) electrons. The molecular weight excluding hydrogens is 929 g/mol. The van der Waals surface area contributed by atoms with Gasteiger partial charge in [0.15, 0.2) is 6.10 Å². The molecule has 1 saturated carbocycles. The van der Waals surface area contributed by atoms with Crippen molar-refractivity contribution in [1.82, 2.24) is 0 Å². The quantitative estimate of drug-likeness (QED) is 0.0163. The maximum atomic E-state index is 13.1. The summed E-state index contributed by atoms with van der Waals surface area (Å²) in [4.78, 5) is 84.8. The van der Waals surface area contributed by atoms with Gasteiger partial charge in [-0.2, -0.15) is 0 Å². The van der Waals surface area contributed by atoms with Gasteiger partial charge in [0.1, 0.15) is 49.0 Å². The number of hydrogen-bond donors (Lipinski definition) is 8. The summed E-state index contributed by atoms with van der Waals surface area (Å²) < 4.78 is 65.4. The summed E-state index contributed by atoms with van der Waals surface area (Å²) in [5, 5.41) is 31.9. The number of aliphatic hydroxyl groups is 3. The molecule has 0 aromatic heterocycles. The summed E-state index contributed by atoms with van der Waals surface area (Å²) >= 11 is 0. The van der Waals surface area contributed by atoms with E-state index in [0.717, 1.165) is 103 Å². The Hall–Kier alpha value is -1.18. The monoisotopic (exact) mass is 1010 g/mol. The molecule has 0 aliphatic heterocycles. The molecule has 0 amide bonds. The first-order valence-corrected chi connectivity index (χ1v) is 28.8. The molecule has 1 fully saturated rings. The summed E-state index contributed by atoms with van der Waals surface area (Å²) in [6.07, 6.45) is 11.1. The van der Waals surface area contributed by atoms with Crippen molar-refractivity contribution in [2.45, 2.75) is 243 Å². The minimum atomic E-state index is -5.60. The van der Waals surface area contributed by atoms with E-state index < -0.39 is 91.3 Å². The summed E-state index contributed by atoms with van der Waals surface area (Å²) in [6.45, 7) is 2.71. The molecular formula is C43H83O20P3. The number of ketones is 1. The maximum absolute atomic E-state index is 13.1. The number of hydrogen-bond acceptors (Lipinski definition) is 15. The van der Waals surface area contributed by atoms with E-state index in [1.54, 1.807) is 0 Å². The molecule has 0 aromatic carbocycles. The van der Waals surface area contributed by atoms with Crippen LogP contribution in [-0.4, -0.2) is 113 Å². The first kappa shape index (κ1) is 62.8. The van der Waals surface area contributed by atoms with Crippen LogP contribution in [0.3, 0.4) is 0 Å². The van der Waals surface area contributed by atoms with Crippen molar-refractivity contribution in [3.8, 4) is 0 Å². The van der Waals surface area contributed by atoms with Gasteiger partial charge in [0.05, 0.1) is 6.61 Å². The first-order valence-electron chi connectivity index (χ1n) is 24.2. The predicted octanol–water partition coefficient (Wildman–Crippen LogP) is 7.92. The maximum Gasteiger partial charge on any atom is 0.472 e. The van der Waals surface area contributed by atoms with Crippen LogP contribution in [-0.2, 0) is 55.6 Å². The number of rotatable bonds is 42. The molecule has 0 bridgehead atoms. The van der Waals surface area contributed by atoms with Crippen molar-refractivity contribution in [1.29, 1.82) is 0 Å². The summed E-state index contributed by atoms with van der Waals surface area (Å²) in [5.41, 5.74) is 0. The van der Waals surface area contributed by atoms with Gasteiger partial charge < -0.3 is 49.3 Å². The zero-order chi connectivity index (χ0) is 49.4. The third kappa shape index (κ3) is 31.9. The number of esters is 2. The zero-order valence-corrected chi connectivity index (χ0v) is 42.0. The summed E-state index contributed by atoms with van der Waals surface area (Å²) in [6, 6.07) is 0. The van der Waals surface area contributed by atoms with Crippen LogP contribution in [0.5, 0.6) is 0 Å². The Morgan fingerprint density at radius 1 is 0.439 bits per heavy atom. The number of phosphoric acid groups is 3. The number of carbonyl (C=O) groups excluding carboxylic acids is 3. The van der Waals surface area contributed by atoms with Gasteiger partial charge in [0.2, 0.25) is 0 Å². The Labute approximate surface area is 391 Å². The molecule has 0 saturated heterocycles. The van der Waals surface area contributed by atoms with Gasteiger partial charge in [0, 0.05) is 25.7 Å². The van der Waals surface area contributed by atoms with Crippen LogP contribution < -0.4 is 0 Å². The molecule has 8 atom stereocenters. The van der Waals surface area contributed by atoms with Crippen molar-refractivity contribution in [3.05, 3.63) is 0 Å². The normalized spacial score (nSPS) is 21.6. The minimum Gasteiger partial charge on any atom is -0.462 e. The zero-order valence-electron chi connectivity index (χ0n) is 39.3. The van der Waals surface area contributed by atoms with Crippen LogP contribution in [0.25, 0.3) is 0 Å². The Balaban J connectivity index is 2.71. The van der Waals surface area contributed by atoms with Crippen molar-refractivity contribution in [2.24, 2.45) is 0 Å². The topological polar surface area (TPSA) is 320 Å². The second kappa shape index (κ2) is 35.8. The van der Waals surface area contributed by atoms with Crippen molar-refractivity contribution >= 4 is 41.2 Å². The highest BCUT2D eigenvalue weighted by atomic mass is 31.2. The van der Waals surface area contributed by atoms with Gasteiger partial charge in [-0.05, 0) is 25.7 Å². The number of phosphoric ester groups is 3. The Morgan fingerprint density at radius 2 is 0.818 bits per heavy atom. The minimum absolute atomic E-state index is 0.00601. The standard InChI is InChI=1S/C43H83O20P3/c1-3-5-6-7-8-9-10-11-14-18-21-24-27-31-37(46)60-35(32-58-36(45)30-26-23-20-17-15-12-13-16-19-22-25-29-34(44)28-4-2)33-59-66(56,57)63-41-38(47)39(48)42(61-64(50,51)52)43(40(41)49)62-65(53,54)55/h35,38-43,47-49H,3-33H2,1-2H3,(H,56,57)(H2,50,51,52)(H2,53,54,55)/t35-,38?,39-,40+,41?,42?,43+/m1/s1. The van der Waals surface area contributed by atoms with Crippen LogP contribution in [0.4, 0.5) is 0 Å². The average molecular weight is 1010 g/mol. The molecule has 390 valence electrons. The average Bonchev–Trinajstić information content (AvgIpc) is 3.23. The van der Waals surface area contributed by atoms with Crippen molar-refractivity contribution in [2.75, 3.05) is 13.2 Å². The molecule has 0 spiro atoms. The molecule has 1 rings (SSSR count). The van der Waals surface area contributed by atoms with Crippen LogP contribution in [0.1, 0.15) is 200 Å². The molecule has 4 unspecified atom stereocenters. The number of carbonyl (C=O) groups is 3. The van der Waals surface area contributed by atoms with Crippen LogP contribution >= 0.6 is 23.5 Å². The molecule has 1 aliphatic carbocycles. The highest BCUT2D eigenvalue weighted by molar-refractivity contribution is 7.47. The lowest BCUT2D eigenvalue weighted by Gasteiger charge is -2.44. The van der Waals surface area contributed by atoms with E-state index in [9.17, 15) is 67.9 Å². The largest absolute Gasteiger partial charge is 0.472 e.